The second-order valence-corrected chi connectivity index (χ2v) is 3.99. The molecule has 2 nitrogen and oxygen atoms in total. The number of hydrogen-bond donors (Lipinski definition) is 1. The summed E-state index contributed by atoms with van der Waals surface area (Å²) in [5.41, 5.74) is 1.26. The first-order valence-electron chi connectivity index (χ1n) is 5.25. The highest BCUT2D eigenvalue weighted by molar-refractivity contribution is 5.85. The van der Waals surface area contributed by atoms with Crippen molar-refractivity contribution in [3.8, 4) is 5.75 Å². The van der Waals surface area contributed by atoms with Gasteiger partial charge in [0.05, 0.1) is 6.61 Å². The van der Waals surface area contributed by atoms with E-state index in [4.69, 9.17) is 4.74 Å². The molecule has 0 radical (unpaired) electrons. The number of benzene rings is 1. The smallest absolute Gasteiger partial charge is 0.119 e. The lowest BCUT2D eigenvalue weighted by molar-refractivity contribution is 0.260. The molecule has 1 aromatic rings. The van der Waals surface area contributed by atoms with Crippen molar-refractivity contribution in [2.24, 2.45) is 5.92 Å². The Hall–Kier alpha value is -0.730. The Morgan fingerprint density at radius 2 is 2.33 bits per heavy atom. The molecular formula is C12H18ClNO. The van der Waals surface area contributed by atoms with Crippen LogP contribution >= 0.6 is 12.4 Å². The van der Waals surface area contributed by atoms with Crippen LogP contribution in [0.4, 0.5) is 0 Å². The molecule has 1 heterocycles. The number of halogens is 1. The second-order valence-electron chi connectivity index (χ2n) is 3.99. The van der Waals surface area contributed by atoms with Gasteiger partial charge in [0.1, 0.15) is 5.75 Å². The molecule has 1 aromatic carbocycles. The summed E-state index contributed by atoms with van der Waals surface area (Å²) in [6.07, 6.45) is 1.24. The summed E-state index contributed by atoms with van der Waals surface area (Å²) < 4.78 is 5.73. The maximum Gasteiger partial charge on any atom is 0.119 e. The predicted octanol–water partition coefficient (Wildman–Crippen LogP) is 2.41. The third-order valence-electron chi connectivity index (χ3n) is 2.64. The molecular weight excluding hydrogens is 210 g/mol. The molecule has 0 unspecified atom stereocenters. The van der Waals surface area contributed by atoms with Crippen LogP contribution in [0.2, 0.25) is 0 Å². The molecule has 1 atom stereocenters. The van der Waals surface area contributed by atoms with Gasteiger partial charge in [-0.3, -0.25) is 0 Å². The Balaban J connectivity index is 0.00000112. The lowest BCUT2D eigenvalue weighted by Crippen LogP contribution is -2.15. The van der Waals surface area contributed by atoms with Crippen molar-refractivity contribution in [2.45, 2.75) is 13.3 Å². The molecule has 0 spiro atoms. The van der Waals surface area contributed by atoms with Crippen molar-refractivity contribution in [1.29, 1.82) is 0 Å². The number of aryl methyl sites for hydroxylation is 1. The van der Waals surface area contributed by atoms with Crippen LogP contribution in [0.5, 0.6) is 5.75 Å². The van der Waals surface area contributed by atoms with Gasteiger partial charge in [-0.25, -0.2) is 0 Å². The highest BCUT2D eigenvalue weighted by atomic mass is 35.5. The monoisotopic (exact) mass is 227 g/mol. The summed E-state index contributed by atoms with van der Waals surface area (Å²) in [6.45, 7) is 5.17. The molecule has 0 amide bonds. The average Bonchev–Trinajstić information content (AvgIpc) is 2.67. The van der Waals surface area contributed by atoms with Crippen LogP contribution in [0, 0.1) is 12.8 Å². The second kappa shape index (κ2) is 5.99. The van der Waals surface area contributed by atoms with Crippen LogP contribution in [0.15, 0.2) is 24.3 Å². The van der Waals surface area contributed by atoms with Crippen LogP contribution in [-0.2, 0) is 0 Å². The maximum atomic E-state index is 5.73. The Morgan fingerprint density at radius 1 is 1.47 bits per heavy atom. The molecule has 2 rings (SSSR count). The molecule has 1 aliphatic heterocycles. The van der Waals surface area contributed by atoms with Crippen molar-refractivity contribution in [2.75, 3.05) is 19.7 Å². The fraction of sp³-hybridized carbons (Fsp3) is 0.500. The number of nitrogens with one attached hydrogen (secondary N) is 1. The molecule has 15 heavy (non-hydrogen) atoms. The van der Waals surface area contributed by atoms with E-state index in [1.807, 2.05) is 12.1 Å². The van der Waals surface area contributed by atoms with Gasteiger partial charge in [-0.05, 0) is 37.6 Å². The molecule has 84 valence electrons. The average molecular weight is 228 g/mol. The van der Waals surface area contributed by atoms with Gasteiger partial charge in [-0.2, -0.15) is 0 Å². The summed E-state index contributed by atoms with van der Waals surface area (Å²) in [5.74, 6) is 1.69. The van der Waals surface area contributed by atoms with E-state index >= 15 is 0 Å². The van der Waals surface area contributed by atoms with Crippen LogP contribution < -0.4 is 10.1 Å². The largest absolute Gasteiger partial charge is 0.493 e. The van der Waals surface area contributed by atoms with E-state index in [1.54, 1.807) is 0 Å². The fourth-order valence-corrected chi connectivity index (χ4v) is 1.78. The van der Waals surface area contributed by atoms with Crippen LogP contribution in [0.25, 0.3) is 0 Å². The highest BCUT2D eigenvalue weighted by Gasteiger charge is 2.14. The first-order chi connectivity index (χ1) is 6.84. The molecule has 0 aliphatic carbocycles. The highest BCUT2D eigenvalue weighted by Crippen LogP contribution is 2.15. The lowest BCUT2D eigenvalue weighted by atomic mass is 10.1. The summed E-state index contributed by atoms with van der Waals surface area (Å²) in [7, 11) is 0. The molecule has 0 saturated carbocycles. The van der Waals surface area contributed by atoms with Crippen molar-refractivity contribution in [3.05, 3.63) is 29.8 Å². The summed E-state index contributed by atoms with van der Waals surface area (Å²) >= 11 is 0. The Morgan fingerprint density at radius 3 is 3.00 bits per heavy atom. The topological polar surface area (TPSA) is 21.3 Å². The lowest BCUT2D eigenvalue weighted by Gasteiger charge is -2.10. The minimum absolute atomic E-state index is 0. The number of ether oxygens (including phenoxy) is 1. The zero-order chi connectivity index (χ0) is 9.80. The van der Waals surface area contributed by atoms with Crippen LogP contribution in [0.3, 0.4) is 0 Å². The van der Waals surface area contributed by atoms with Gasteiger partial charge in [0.2, 0.25) is 0 Å². The summed E-state index contributed by atoms with van der Waals surface area (Å²) in [6, 6.07) is 8.24. The van der Waals surface area contributed by atoms with E-state index in [1.165, 1.54) is 12.0 Å². The minimum atomic E-state index is 0. The van der Waals surface area contributed by atoms with E-state index in [0.717, 1.165) is 25.4 Å². The molecule has 3 heteroatoms. The van der Waals surface area contributed by atoms with Gasteiger partial charge >= 0.3 is 0 Å². The van der Waals surface area contributed by atoms with E-state index < -0.39 is 0 Å². The van der Waals surface area contributed by atoms with Crippen LogP contribution in [0.1, 0.15) is 12.0 Å². The van der Waals surface area contributed by atoms with Gasteiger partial charge in [-0.15, -0.1) is 12.4 Å². The third-order valence-corrected chi connectivity index (χ3v) is 2.64. The van der Waals surface area contributed by atoms with Gasteiger partial charge in [-0.1, -0.05) is 12.1 Å². The number of hydrogen-bond acceptors (Lipinski definition) is 2. The van der Waals surface area contributed by atoms with E-state index in [2.05, 4.69) is 24.4 Å². The van der Waals surface area contributed by atoms with Gasteiger partial charge in [0, 0.05) is 12.5 Å². The first-order valence-corrected chi connectivity index (χ1v) is 5.25. The Bertz CT molecular complexity index is 297. The number of rotatable bonds is 3. The van der Waals surface area contributed by atoms with Gasteiger partial charge in [0.25, 0.3) is 0 Å². The SMILES string of the molecule is Cc1cccc(OC[C@@H]2CCNC2)c1.Cl. The van der Waals surface area contributed by atoms with Crippen molar-refractivity contribution < 1.29 is 4.74 Å². The Labute approximate surface area is 97.4 Å². The molecule has 1 fully saturated rings. The molecule has 0 bridgehead atoms. The van der Waals surface area contributed by atoms with Crippen molar-refractivity contribution in [3.63, 3.8) is 0 Å². The van der Waals surface area contributed by atoms with Gasteiger partial charge < -0.3 is 10.1 Å². The zero-order valence-corrected chi connectivity index (χ0v) is 9.85. The molecule has 0 aromatic heterocycles. The molecule has 1 aliphatic rings. The standard InChI is InChI=1S/C12H17NO.ClH/c1-10-3-2-4-12(7-10)14-9-11-5-6-13-8-11;/h2-4,7,11,13H,5-6,8-9H2,1H3;1H/t11-;/m1./s1. The predicted molar refractivity (Wildman–Crippen MR) is 64.9 cm³/mol. The van der Waals surface area contributed by atoms with Crippen LogP contribution in [-0.4, -0.2) is 19.7 Å². The van der Waals surface area contributed by atoms with E-state index in [-0.39, 0.29) is 12.4 Å². The fourth-order valence-electron chi connectivity index (χ4n) is 1.78. The minimum Gasteiger partial charge on any atom is -0.493 e. The summed E-state index contributed by atoms with van der Waals surface area (Å²) in [5, 5.41) is 3.34. The molecule has 1 saturated heterocycles. The first kappa shape index (κ1) is 12.3. The third kappa shape index (κ3) is 3.73. The van der Waals surface area contributed by atoms with Crippen molar-refractivity contribution >= 4 is 12.4 Å². The van der Waals surface area contributed by atoms with Gasteiger partial charge in [0.15, 0.2) is 0 Å². The van der Waals surface area contributed by atoms with E-state index in [9.17, 15) is 0 Å². The normalized spacial score (nSPS) is 19.7. The molecule has 1 N–H and O–H groups in total. The van der Waals surface area contributed by atoms with Crippen molar-refractivity contribution in [1.82, 2.24) is 5.32 Å². The quantitative estimate of drug-likeness (QED) is 0.857. The maximum absolute atomic E-state index is 5.73. The summed E-state index contributed by atoms with van der Waals surface area (Å²) in [4.78, 5) is 0. The Kier molecular flexibility index (Phi) is 4.92. The van der Waals surface area contributed by atoms with E-state index in [0.29, 0.717) is 5.92 Å². The zero-order valence-electron chi connectivity index (χ0n) is 9.03.